The zero-order chi connectivity index (χ0) is 4.41. The predicted octanol–water partition coefficient (Wildman–Crippen LogP) is 1.62. The molecule has 0 atom stereocenters. The second-order valence-electron chi connectivity index (χ2n) is 1.03. The largest absolute Gasteiger partial charge is 0.367 e. The van der Waals surface area contributed by atoms with E-state index >= 15 is 0 Å². The SMILES string of the molecule is Ic1cc[nH]c1. The Kier molecular flexibility index (Phi) is 1.14. The third-order valence-corrected chi connectivity index (χ3v) is 1.23. The van der Waals surface area contributed by atoms with Crippen molar-refractivity contribution in [3.8, 4) is 0 Å². The number of H-pyrrole nitrogens is 1. The third kappa shape index (κ3) is 0.739. The number of hydrogen-bond donors (Lipinski definition) is 1. The molecule has 1 heterocycles. The summed E-state index contributed by atoms with van der Waals surface area (Å²) in [6.45, 7) is 0. The number of rotatable bonds is 0. The predicted molar refractivity (Wildman–Crippen MR) is 33.5 cm³/mol. The molecule has 0 unspecified atom stereocenters. The highest BCUT2D eigenvalue weighted by molar-refractivity contribution is 14.1. The second-order valence-corrected chi connectivity index (χ2v) is 2.27. The smallest absolute Gasteiger partial charge is 0.0304 e. The standard InChI is InChI=1S/C4H4IN/c5-4-1-2-6-3-4/h1-3,6H. The van der Waals surface area contributed by atoms with Gasteiger partial charge in [-0.3, -0.25) is 0 Å². The summed E-state index contributed by atoms with van der Waals surface area (Å²) in [5.41, 5.74) is 0. The molecule has 0 aromatic carbocycles. The highest BCUT2D eigenvalue weighted by Gasteiger charge is 1.75. The van der Waals surface area contributed by atoms with Gasteiger partial charge >= 0.3 is 0 Å². The summed E-state index contributed by atoms with van der Waals surface area (Å²) >= 11 is 2.24. The molecule has 2 heteroatoms. The second kappa shape index (κ2) is 1.64. The Hall–Kier alpha value is 0.01000. The topological polar surface area (TPSA) is 15.8 Å². The molecule has 1 aromatic heterocycles. The summed E-state index contributed by atoms with van der Waals surface area (Å²) in [5, 5.41) is 0. The first-order valence-corrected chi connectivity index (χ1v) is 2.76. The molecule has 0 spiro atoms. The highest BCUT2D eigenvalue weighted by Crippen LogP contribution is 1.98. The number of aromatic amines is 1. The zero-order valence-corrected chi connectivity index (χ0v) is 5.27. The number of aromatic nitrogens is 1. The Morgan fingerprint density at radius 1 is 1.67 bits per heavy atom. The van der Waals surface area contributed by atoms with Gasteiger partial charge in [0, 0.05) is 16.0 Å². The van der Waals surface area contributed by atoms with Crippen LogP contribution in [0.1, 0.15) is 0 Å². The van der Waals surface area contributed by atoms with Crippen molar-refractivity contribution in [3.63, 3.8) is 0 Å². The van der Waals surface area contributed by atoms with Crippen LogP contribution in [0.25, 0.3) is 0 Å². The van der Waals surface area contributed by atoms with Crippen LogP contribution in [-0.2, 0) is 0 Å². The van der Waals surface area contributed by atoms with Gasteiger partial charge in [0.1, 0.15) is 0 Å². The van der Waals surface area contributed by atoms with E-state index in [2.05, 4.69) is 27.6 Å². The molecular formula is C4H4IN. The van der Waals surface area contributed by atoms with Crippen molar-refractivity contribution in [2.75, 3.05) is 0 Å². The van der Waals surface area contributed by atoms with Crippen molar-refractivity contribution in [2.45, 2.75) is 0 Å². The average molecular weight is 193 g/mol. The van der Waals surface area contributed by atoms with Crippen LogP contribution in [-0.4, -0.2) is 4.98 Å². The first-order chi connectivity index (χ1) is 2.89. The van der Waals surface area contributed by atoms with Crippen molar-refractivity contribution in [3.05, 3.63) is 22.0 Å². The van der Waals surface area contributed by atoms with Gasteiger partial charge in [0.25, 0.3) is 0 Å². The molecule has 1 aromatic rings. The quantitative estimate of drug-likeness (QED) is 0.602. The minimum Gasteiger partial charge on any atom is -0.367 e. The van der Waals surface area contributed by atoms with Crippen LogP contribution in [0.3, 0.4) is 0 Å². The molecule has 0 aliphatic rings. The maximum absolute atomic E-state index is 2.92. The van der Waals surface area contributed by atoms with Gasteiger partial charge < -0.3 is 4.98 Å². The van der Waals surface area contributed by atoms with Crippen molar-refractivity contribution in [1.82, 2.24) is 4.98 Å². The zero-order valence-electron chi connectivity index (χ0n) is 3.11. The lowest BCUT2D eigenvalue weighted by molar-refractivity contribution is 1.41. The molecular weight excluding hydrogens is 189 g/mol. The lowest BCUT2D eigenvalue weighted by Gasteiger charge is -1.62. The summed E-state index contributed by atoms with van der Waals surface area (Å²) in [6.07, 6.45) is 3.85. The fraction of sp³-hybridized carbons (Fsp3) is 0. The van der Waals surface area contributed by atoms with Crippen LogP contribution in [0, 0.1) is 3.57 Å². The Morgan fingerprint density at radius 3 is 2.67 bits per heavy atom. The van der Waals surface area contributed by atoms with Gasteiger partial charge in [0.2, 0.25) is 0 Å². The van der Waals surface area contributed by atoms with E-state index in [1.165, 1.54) is 3.57 Å². The lowest BCUT2D eigenvalue weighted by atomic mass is 10.7. The van der Waals surface area contributed by atoms with Crippen molar-refractivity contribution in [2.24, 2.45) is 0 Å². The van der Waals surface area contributed by atoms with Crippen LogP contribution >= 0.6 is 22.6 Å². The maximum atomic E-state index is 2.92. The third-order valence-electron chi connectivity index (χ3n) is 0.560. The summed E-state index contributed by atoms with van der Waals surface area (Å²) in [5.74, 6) is 0. The Bertz CT molecular complexity index is 111. The van der Waals surface area contributed by atoms with Crippen LogP contribution in [0.2, 0.25) is 0 Å². The van der Waals surface area contributed by atoms with E-state index in [0.717, 1.165) is 0 Å². The molecule has 0 saturated carbocycles. The number of nitrogens with one attached hydrogen (secondary N) is 1. The summed E-state index contributed by atoms with van der Waals surface area (Å²) in [6, 6.07) is 2.01. The van der Waals surface area contributed by atoms with E-state index in [-0.39, 0.29) is 0 Å². The fourth-order valence-corrected chi connectivity index (χ4v) is 0.663. The molecule has 1 nitrogen and oxygen atoms in total. The van der Waals surface area contributed by atoms with Gasteiger partial charge in [0.05, 0.1) is 0 Å². The Morgan fingerprint density at radius 2 is 2.50 bits per heavy atom. The minimum absolute atomic E-state index is 1.26. The molecule has 1 rings (SSSR count). The van der Waals surface area contributed by atoms with E-state index in [1.54, 1.807) is 0 Å². The van der Waals surface area contributed by atoms with Gasteiger partial charge in [-0.1, -0.05) is 0 Å². The lowest BCUT2D eigenvalue weighted by Crippen LogP contribution is -1.47. The van der Waals surface area contributed by atoms with Gasteiger partial charge in [-0.2, -0.15) is 0 Å². The molecule has 32 valence electrons. The first kappa shape index (κ1) is 4.18. The monoisotopic (exact) mass is 193 g/mol. The van der Waals surface area contributed by atoms with Gasteiger partial charge in [-0.15, -0.1) is 0 Å². The molecule has 0 radical (unpaired) electrons. The van der Waals surface area contributed by atoms with E-state index in [4.69, 9.17) is 0 Å². The fourth-order valence-electron chi connectivity index (χ4n) is 0.304. The van der Waals surface area contributed by atoms with Crippen molar-refractivity contribution in [1.29, 1.82) is 0 Å². The molecule has 0 saturated heterocycles. The Balaban J connectivity index is 3.05. The van der Waals surface area contributed by atoms with E-state index < -0.39 is 0 Å². The van der Waals surface area contributed by atoms with E-state index in [0.29, 0.717) is 0 Å². The first-order valence-electron chi connectivity index (χ1n) is 1.68. The number of halogens is 1. The molecule has 0 fully saturated rings. The highest BCUT2D eigenvalue weighted by atomic mass is 127. The average Bonchev–Trinajstić information content (AvgIpc) is 1.86. The van der Waals surface area contributed by atoms with Crippen LogP contribution in [0.5, 0.6) is 0 Å². The van der Waals surface area contributed by atoms with Crippen molar-refractivity contribution < 1.29 is 0 Å². The molecule has 0 amide bonds. The Labute approximate surface area is 49.9 Å². The molecule has 1 N–H and O–H groups in total. The van der Waals surface area contributed by atoms with E-state index in [9.17, 15) is 0 Å². The van der Waals surface area contributed by atoms with Gasteiger partial charge in [-0.25, -0.2) is 0 Å². The van der Waals surface area contributed by atoms with Gasteiger partial charge in [-0.05, 0) is 28.7 Å². The maximum Gasteiger partial charge on any atom is 0.0304 e. The van der Waals surface area contributed by atoms with Crippen LogP contribution in [0.4, 0.5) is 0 Å². The summed E-state index contributed by atoms with van der Waals surface area (Å²) < 4.78 is 1.26. The van der Waals surface area contributed by atoms with E-state index in [1.807, 2.05) is 18.5 Å². The van der Waals surface area contributed by atoms with Crippen LogP contribution < -0.4 is 0 Å². The van der Waals surface area contributed by atoms with Crippen molar-refractivity contribution >= 4 is 22.6 Å². The van der Waals surface area contributed by atoms with Gasteiger partial charge in [0.15, 0.2) is 0 Å². The minimum atomic E-state index is 1.26. The molecule has 0 aliphatic carbocycles. The number of hydrogen-bond acceptors (Lipinski definition) is 0. The molecule has 0 aliphatic heterocycles. The summed E-state index contributed by atoms with van der Waals surface area (Å²) in [7, 11) is 0. The normalized spacial score (nSPS) is 8.83. The summed E-state index contributed by atoms with van der Waals surface area (Å²) in [4.78, 5) is 2.92. The molecule has 6 heavy (non-hydrogen) atoms. The molecule has 0 bridgehead atoms. The van der Waals surface area contributed by atoms with Crippen LogP contribution in [0.15, 0.2) is 18.5 Å².